The molecule has 0 aliphatic carbocycles. The van der Waals surface area contributed by atoms with Crippen molar-refractivity contribution < 1.29 is 9.53 Å². The molecule has 0 atom stereocenters. The van der Waals surface area contributed by atoms with E-state index in [4.69, 9.17) is 4.74 Å². The second kappa shape index (κ2) is 7.01. The molecule has 0 bridgehead atoms. The van der Waals surface area contributed by atoms with E-state index in [0.29, 0.717) is 29.9 Å². The van der Waals surface area contributed by atoms with Gasteiger partial charge in [-0.1, -0.05) is 12.1 Å². The zero-order chi connectivity index (χ0) is 17.9. The van der Waals surface area contributed by atoms with Crippen LogP contribution in [0.1, 0.15) is 16.3 Å². The van der Waals surface area contributed by atoms with Crippen molar-refractivity contribution in [2.45, 2.75) is 6.92 Å². The number of aromatic nitrogens is 4. The molecule has 132 valence electrons. The van der Waals surface area contributed by atoms with Crippen molar-refractivity contribution in [3.63, 3.8) is 0 Å². The smallest absolute Gasteiger partial charge is 0.295 e. The monoisotopic (exact) mass is 350 g/mol. The highest BCUT2D eigenvalue weighted by Gasteiger charge is 2.16. The maximum absolute atomic E-state index is 12.5. The number of nitrogens with one attached hydrogen (secondary N) is 1. The summed E-state index contributed by atoms with van der Waals surface area (Å²) in [6.45, 7) is 4.89. The third-order valence-corrected chi connectivity index (χ3v) is 4.22. The Kier molecular flexibility index (Phi) is 4.40. The lowest BCUT2D eigenvalue weighted by molar-refractivity contribution is 0.101. The third kappa shape index (κ3) is 3.31. The van der Waals surface area contributed by atoms with E-state index < -0.39 is 5.91 Å². The molecule has 1 amide bonds. The number of rotatable bonds is 3. The molecule has 0 radical (unpaired) electrons. The fourth-order valence-electron chi connectivity index (χ4n) is 2.80. The number of aryl methyl sites for hydroxylation is 1. The molecule has 4 rings (SSSR count). The zero-order valence-electron chi connectivity index (χ0n) is 14.3. The standard InChI is InChI=1S/C18H18N6O2/c1-12-13(6-7-16(19-12)24-8-10-26-11-9-24)21-18(25)17-20-14-4-2-3-5-15(14)22-23-17/h2-7H,8-11H2,1H3,(H,21,25). The summed E-state index contributed by atoms with van der Waals surface area (Å²) in [5.74, 6) is 0.500. The first-order chi connectivity index (χ1) is 12.7. The predicted molar refractivity (Wildman–Crippen MR) is 97.3 cm³/mol. The maximum atomic E-state index is 12.5. The van der Waals surface area contributed by atoms with Gasteiger partial charge in [0.05, 0.1) is 30.1 Å². The van der Waals surface area contributed by atoms with Gasteiger partial charge >= 0.3 is 0 Å². The highest BCUT2D eigenvalue weighted by Crippen LogP contribution is 2.20. The Morgan fingerprint density at radius 2 is 1.81 bits per heavy atom. The van der Waals surface area contributed by atoms with Gasteiger partial charge in [-0.25, -0.2) is 9.97 Å². The van der Waals surface area contributed by atoms with Crippen LogP contribution in [0.4, 0.5) is 11.5 Å². The average molecular weight is 350 g/mol. The molecule has 0 saturated carbocycles. The summed E-state index contributed by atoms with van der Waals surface area (Å²) in [5.41, 5.74) is 2.64. The molecule has 0 spiro atoms. The molecule has 1 aliphatic rings. The summed E-state index contributed by atoms with van der Waals surface area (Å²) in [5, 5.41) is 10.8. The molecule has 26 heavy (non-hydrogen) atoms. The Morgan fingerprint density at radius 1 is 1.04 bits per heavy atom. The van der Waals surface area contributed by atoms with Crippen molar-refractivity contribution in [1.82, 2.24) is 20.2 Å². The first kappa shape index (κ1) is 16.3. The van der Waals surface area contributed by atoms with Crippen LogP contribution in [0.2, 0.25) is 0 Å². The topological polar surface area (TPSA) is 93.1 Å². The number of carbonyl (C=O) groups excluding carboxylic acids is 1. The zero-order valence-corrected chi connectivity index (χ0v) is 14.3. The van der Waals surface area contributed by atoms with E-state index in [0.717, 1.165) is 24.6 Å². The van der Waals surface area contributed by atoms with Gasteiger partial charge in [0.1, 0.15) is 11.3 Å². The highest BCUT2D eigenvalue weighted by atomic mass is 16.5. The van der Waals surface area contributed by atoms with Gasteiger partial charge in [-0.15, -0.1) is 10.2 Å². The van der Waals surface area contributed by atoms with E-state index >= 15 is 0 Å². The number of hydrogen-bond acceptors (Lipinski definition) is 7. The number of pyridine rings is 1. The van der Waals surface area contributed by atoms with Gasteiger partial charge in [0.15, 0.2) is 0 Å². The number of carbonyl (C=O) groups is 1. The number of hydrogen-bond donors (Lipinski definition) is 1. The second-order valence-corrected chi connectivity index (χ2v) is 5.98. The van der Waals surface area contributed by atoms with Gasteiger partial charge in [-0.3, -0.25) is 4.79 Å². The summed E-state index contributed by atoms with van der Waals surface area (Å²) in [7, 11) is 0. The summed E-state index contributed by atoms with van der Waals surface area (Å²) in [4.78, 5) is 23.5. The number of fused-ring (bicyclic) bond motifs is 1. The third-order valence-electron chi connectivity index (χ3n) is 4.22. The average Bonchev–Trinajstić information content (AvgIpc) is 2.69. The van der Waals surface area contributed by atoms with Gasteiger partial charge in [0.2, 0.25) is 5.82 Å². The van der Waals surface area contributed by atoms with Gasteiger partial charge in [0.25, 0.3) is 5.91 Å². The quantitative estimate of drug-likeness (QED) is 0.770. The number of para-hydroxylation sites is 1. The van der Waals surface area contributed by atoms with Crippen LogP contribution in [0.25, 0.3) is 11.0 Å². The van der Waals surface area contributed by atoms with E-state index in [1.54, 1.807) is 12.1 Å². The summed E-state index contributed by atoms with van der Waals surface area (Å²) in [6, 6.07) is 11.0. The number of anilines is 2. The van der Waals surface area contributed by atoms with Crippen molar-refractivity contribution in [1.29, 1.82) is 0 Å². The fraction of sp³-hybridized carbons (Fsp3) is 0.278. The molecule has 8 heteroatoms. The summed E-state index contributed by atoms with van der Waals surface area (Å²) >= 11 is 0. The number of benzene rings is 1. The molecular formula is C18H18N6O2. The lowest BCUT2D eigenvalue weighted by atomic mass is 10.2. The van der Waals surface area contributed by atoms with E-state index in [9.17, 15) is 4.79 Å². The van der Waals surface area contributed by atoms with Crippen LogP contribution in [0.5, 0.6) is 0 Å². The van der Waals surface area contributed by atoms with Crippen molar-refractivity contribution in [3.05, 3.63) is 47.9 Å². The lowest BCUT2D eigenvalue weighted by Gasteiger charge is -2.28. The largest absolute Gasteiger partial charge is 0.378 e. The first-order valence-electron chi connectivity index (χ1n) is 8.42. The fourth-order valence-corrected chi connectivity index (χ4v) is 2.80. The van der Waals surface area contributed by atoms with Crippen LogP contribution in [0.15, 0.2) is 36.4 Å². The van der Waals surface area contributed by atoms with Gasteiger partial charge in [-0.05, 0) is 31.2 Å². The number of ether oxygens (including phenoxy) is 1. The van der Waals surface area contributed by atoms with Gasteiger partial charge in [0, 0.05) is 13.1 Å². The maximum Gasteiger partial charge on any atom is 0.295 e. The SMILES string of the molecule is Cc1nc(N2CCOCC2)ccc1NC(=O)c1nnc2ccccc2n1. The Balaban J connectivity index is 1.53. The molecule has 1 aromatic carbocycles. The first-order valence-corrected chi connectivity index (χ1v) is 8.42. The number of amides is 1. The van der Waals surface area contributed by atoms with Crippen LogP contribution < -0.4 is 10.2 Å². The van der Waals surface area contributed by atoms with Crippen LogP contribution in [0.3, 0.4) is 0 Å². The minimum absolute atomic E-state index is 0.0281. The summed E-state index contributed by atoms with van der Waals surface area (Å²) < 4.78 is 5.36. The minimum Gasteiger partial charge on any atom is -0.378 e. The van der Waals surface area contributed by atoms with Crippen molar-refractivity contribution in [2.24, 2.45) is 0 Å². The highest BCUT2D eigenvalue weighted by molar-refractivity contribution is 6.02. The number of nitrogens with zero attached hydrogens (tertiary/aromatic N) is 5. The lowest BCUT2D eigenvalue weighted by Crippen LogP contribution is -2.36. The molecule has 0 unspecified atom stereocenters. The molecule has 3 aromatic rings. The minimum atomic E-state index is -0.410. The Morgan fingerprint density at radius 3 is 2.58 bits per heavy atom. The predicted octanol–water partition coefficient (Wildman–Crippen LogP) is 1.82. The number of morpholine rings is 1. The van der Waals surface area contributed by atoms with Crippen LogP contribution >= 0.6 is 0 Å². The van der Waals surface area contributed by atoms with Crippen LogP contribution in [-0.2, 0) is 4.74 Å². The van der Waals surface area contributed by atoms with Crippen LogP contribution in [-0.4, -0.2) is 52.4 Å². The van der Waals surface area contributed by atoms with Crippen molar-refractivity contribution in [3.8, 4) is 0 Å². The Hall–Kier alpha value is -3.13. The molecule has 2 aromatic heterocycles. The van der Waals surface area contributed by atoms with E-state index in [1.165, 1.54) is 0 Å². The molecule has 1 N–H and O–H groups in total. The van der Waals surface area contributed by atoms with Crippen molar-refractivity contribution >= 4 is 28.4 Å². The summed E-state index contributed by atoms with van der Waals surface area (Å²) in [6.07, 6.45) is 0. The van der Waals surface area contributed by atoms with Gasteiger partial charge < -0.3 is 15.0 Å². The molecule has 8 nitrogen and oxygen atoms in total. The molecular weight excluding hydrogens is 332 g/mol. The van der Waals surface area contributed by atoms with E-state index in [2.05, 4.69) is 30.4 Å². The normalized spacial score (nSPS) is 14.4. The van der Waals surface area contributed by atoms with Gasteiger partial charge in [-0.2, -0.15) is 0 Å². The van der Waals surface area contributed by atoms with Crippen LogP contribution in [0, 0.1) is 6.92 Å². The molecule has 3 heterocycles. The second-order valence-electron chi connectivity index (χ2n) is 5.98. The van der Waals surface area contributed by atoms with E-state index in [1.807, 2.05) is 31.2 Å². The Labute approximate surface area is 150 Å². The van der Waals surface area contributed by atoms with E-state index in [-0.39, 0.29) is 5.82 Å². The molecule has 1 aliphatic heterocycles. The molecule has 1 saturated heterocycles. The van der Waals surface area contributed by atoms with Crippen molar-refractivity contribution in [2.75, 3.05) is 36.5 Å². The molecule has 1 fully saturated rings. The Bertz CT molecular complexity index is 955.